The lowest BCUT2D eigenvalue weighted by Crippen LogP contribution is -2.61. The summed E-state index contributed by atoms with van der Waals surface area (Å²) in [7, 11) is 0. The van der Waals surface area contributed by atoms with Crippen molar-refractivity contribution >= 4 is 17.7 Å². The molecule has 3 atom stereocenters. The van der Waals surface area contributed by atoms with E-state index in [2.05, 4.69) is 15.2 Å². The van der Waals surface area contributed by atoms with Crippen LogP contribution >= 0.6 is 0 Å². The van der Waals surface area contributed by atoms with Gasteiger partial charge < -0.3 is 19.9 Å². The Hall–Kier alpha value is -3.46. The molecule has 3 amide bonds. The molecule has 1 aromatic carbocycles. The summed E-state index contributed by atoms with van der Waals surface area (Å²) in [5, 5.41) is 3.09. The van der Waals surface area contributed by atoms with Crippen LogP contribution in [0.1, 0.15) is 29.3 Å². The van der Waals surface area contributed by atoms with Crippen LogP contribution in [0.5, 0.6) is 5.88 Å². The van der Waals surface area contributed by atoms with Gasteiger partial charge in [0.25, 0.3) is 5.91 Å². The zero-order chi connectivity index (χ0) is 23.7. The molecule has 0 saturated carbocycles. The molecule has 3 aliphatic heterocycles. The molecule has 9 heteroatoms. The fourth-order valence-electron chi connectivity index (χ4n) is 5.14. The normalized spacial score (nSPS) is 25.4. The number of hydrogen-bond donors (Lipinski definition) is 1. The highest BCUT2D eigenvalue weighted by molar-refractivity contribution is 5.96. The highest BCUT2D eigenvalue weighted by Crippen LogP contribution is 2.27. The van der Waals surface area contributed by atoms with Gasteiger partial charge in [-0.15, -0.1) is 0 Å². The molecule has 2 fully saturated rings. The smallest absolute Gasteiger partial charge is 0.257 e. The van der Waals surface area contributed by atoms with Crippen molar-refractivity contribution in [1.29, 1.82) is 0 Å². The number of benzene rings is 1. The summed E-state index contributed by atoms with van der Waals surface area (Å²) in [4.78, 5) is 49.0. The maximum atomic E-state index is 13.9. The Kier molecular flexibility index (Phi) is 6.19. The summed E-state index contributed by atoms with van der Waals surface area (Å²) in [6.07, 6.45) is 2.12. The lowest BCUT2D eigenvalue weighted by molar-refractivity contribution is -0.146. The third-order valence-corrected chi connectivity index (χ3v) is 6.89. The first kappa shape index (κ1) is 22.3. The number of carbonyl (C=O) groups excluding carboxylic acids is 3. The van der Waals surface area contributed by atoms with Crippen LogP contribution in [-0.4, -0.2) is 88.3 Å². The van der Waals surface area contributed by atoms with Crippen LogP contribution in [-0.2, 0) is 16.1 Å². The number of nitrogens with one attached hydrogen (secondary N) is 1. The van der Waals surface area contributed by atoms with Gasteiger partial charge in [-0.1, -0.05) is 30.3 Å². The van der Waals surface area contributed by atoms with E-state index in [-0.39, 0.29) is 48.3 Å². The van der Waals surface area contributed by atoms with Crippen molar-refractivity contribution in [3.8, 4) is 5.88 Å². The monoisotopic (exact) mass is 463 g/mol. The fraction of sp³-hybridized carbons (Fsp3) is 0.440. The number of rotatable bonds is 2. The van der Waals surface area contributed by atoms with E-state index in [9.17, 15) is 14.4 Å². The van der Waals surface area contributed by atoms with E-state index in [4.69, 9.17) is 4.74 Å². The zero-order valence-electron chi connectivity index (χ0n) is 19.2. The summed E-state index contributed by atoms with van der Waals surface area (Å²) in [6.45, 7) is 4.23. The van der Waals surface area contributed by atoms with Gasteiger partial charge in [-0.3, -0.25) is 19.3 Å². The van der Waals surface area contributed by atoms with Gasteiger partial charge in [0.1, 0.15) is 12.2 Å². The predicted molar refractivity (Wildman–Crippen MR) is 124 cm³/mol. The van der Waals surface area contributed by atoms with E-state index in [1.807, 2.05) is 35.2 Å². The molecule has 4 heterocycles. The fourth-order valence-corrected chi connectivity index (χ4v) is 5.14. The Bertz CT molecular complexity index is 1080. The largest absolute Gasteiger partial charge is 0.475 e. The minimum atomic E-state index is -0.357. The molecule has 34 heavy (non-hydrogen) atoms. The number of hydrogen-bond acceptors (Lipinski definition) is 6. The Labute approximate surface area is 198 Å². The van der Waals surface area contributed by atoms with Crippen LogP contribution in [0.4, 0.5) is 0 Å². The molecular weight excluding hydrogens is 434 g/mol. The van der Waals surface area contributed by atoms with Crippen LogP contribution < -0.4 is 10.1 Å². The molecule has 178 valence electrons. The molecule has 9 nitrogen and oxygen atoms in total. The maximum Gasteiger partial charge on any atom is 0.257 e. The van der Waals surface area contributed by atoms with E-state index in [0.29, 0.717) is 44.7 Å². The van der Waals surface area contributed by atoms with Gasteiger partial charge in [0, 0.05) is 51.9 Å². The van der Waals surface area contributed by atoms with Gasteiger partial charge in [0.15, 0.2) is 0 Å². The molecule has 0 aliphatic carbocycles. The zero-order valence-corrected chi connectivity index (χ0v) is 19.2. The molecule has 2 aromatic rings. The number of piperazine rings is 1. The van der Waals surface area contributed by atoms with E-state index in [0.717, 1.165) is 5.56 Å². The van der Waals surface area contributed by atoms with Gasteiger partial charge in [-0.2, -0.15) is 0 Å². The average molecular weight is 464 g/mol. The van der Waals surface area contributed by atoms with Gasteiger partial charge in [-0.05, 0) is 24.1 Å². The van der Waals surface area contributed by atoms with Crippen LogP contribution in [0.15, 0.2) is 48.7 Å². The van der Waals surface area contributed by atoms with Crippen LogP contribution in [0.3, 0.4) is 0 Å². The Balaban J connectivity index is 1.48. The van der Waals surface area contributed by atoms with Crippen molar-refractivity contribution in [2.45, 2.75) is 38.0 Å². The van der Waals surface area contributed by atoms with Crippen molar-refractivity contribution in [3.63, 3.8) is 0 Å². The summed E-state index contributed by atoms with van der Waals surface area (Å²) in [5.41, 5.74) is 1.49. The molecule has 2 bridgehead atoms. The summed E-state index contributed by atoms with van der Waals surface area (Å²) < 4.78 is 5.97. The first-order chi connectivity index (χ1) is 16.5. The SMILES string of the molecule is CC(=O)N1CCN2C(=O)[C@@H]3C[C@H](CN3Cc3ccccc3)NC(=O)c3cccnc3OC[C@@H]2C1. The first-order valence-corrected chi connectivity index (χ1v) is 11.7. The second kappa shape index (κ2) is 9.42. The first-order valence-electron chi connectivity index (χ1n) is 11.7. The summed E-state index contributed by atoms with van der Waals surface area (Å²) in [6, 6.07) is 12.6. The number of likely N-dealkylation sites (tertiary alicyclic amines) is 1. The third kappa shape index (κ3) is 4.48. The second-order valence-electron chi connectivity index (χ2n) is 9.15. The maximum absolute atomic E-state index is 13.9. The van der Waals surface area contributed by atoms with Crippen LogP contribution in [0, 0.1) is 0 Å². The number of pyridine rings is 1. The Morgan fingerprint density at radius 3 is 2.74 bits per heavy atom. The Morgan fingerprint density at radius 2 is 1.94 bits per heavy atom. The molecule has 2 saturated heterocycles. The molecular formula is C25H29N5O4. The third-order valence-electron chi connectivity index (χ3n) is 6.89. The quantitative estimate of drug-likeness (QED) is 0.711. The van der Waals surface area contributed by atoms with Crippen molar-refractivity contribution in [2.75, 3.05) is 32.8 Å². The van der Waals surface area contributed by atoms with E-state index < -0.39 is 0 Å². The predicted octanol–water partition coefficient (Wildman–Crippen LogP) is 0.906. The van der Waals surface area contributed by atoms with Gasteiger partial charge >= 0.3 is 0 Å². The van der Waals surface area contributed by atoms with Gasteiger partial charge in [-0.25, -0.2) is 4.98 Å². The number of nitrogens with zero attached hydrogens (tertiary/aromatic N) is 4. The van der Waals surface area contributed by atoms with Crippen molar-refractivity contribution in [2.24, 2.45) is 0 Å². The van der Waals surface area contributed by atoms with Crippen molar-refractivity contribution in [3.05, 3.63) is 59.8 Å². The number of aromatic nitrogens is 1. The highest BCUT2D eigenvalue weighted by Gasteiger charge is 2.43. The van der Waals surface area contributed by atoms with E-state index in [1.165, 1.54) is 6.92 Å². The number of carbonyl (C=O) groups is 3. The number of ether oxygens (including phenoxy) is 1. The molecule has 1 N–H and O–H groups in total. The van der Waals surface area contributed by atoms with Crippen LogP contribution in [0.2, 0.25) is 0 Å². The second-order valence-corrected chi connectivity index (χ2v) is 9.15. The Morgan fingerprint density at radius 1 is 1.12 bits per heavy atom. The highest BCUT2D eigenvalue weighted by atomic mass is 16.5. The average Bonchev–Trinajstić information content (AvgIpc) is 3.24. The molecule has 0 radical (unpaired) electrons. The minimum absolute atomic E-state index is 0.0197. The van der Waals surface area contributed by atoms with Gasteiger partial charge in [0.05, 0.1) is 12.1 Å². The molecule has 0 spiro atoms. The molecule has 0 unspecified atom stereocenters. The topological polar surface area (TPSA) is 95.1 Å². The number of fused-ring (bicyclic) bond motifs is 4. The minimum Gasteiger partial charge on any atom is -0.475 e. The van der Waals surface area contributed by atoms with Gasteiger partial charge in [0.2, 0.25) is 17.7 Å². The molecule has 1 aromatic heterocycles. The van der Waals surface area contributed by atoms with E-state index in [1.54, 1.807) is 23.2 Å². The standard InChI is InChI=1S/C25H29N5O4/c1-17(31)28-10-11-30-20(15-28)16-34-24-21(8-5-9-26-24)23(32)27-19-12-22(25(30)33)29(14-19)13-18-6-3-2-4-7-18/h2-9,19-20,22H,10-16H2,1H3,(H,27,32)/t19-,20+,22+/m1/s1. The van der Waals surface area contributed by atoms with Crippen LogP contribution in [0.25, 0.3) is 0 Å². The summed E-state index contributed by atoms with van der Waals surface area (Å²) in [5.74, 6) is -0.0232. The van der Waals surface area contributed by atoms with Crippen molar-refractivity contribution < 1.29 is 19.1 Å². The summed E-state index contributed by atoms with van der Waals surface area (Å²) >= 11 is 0. The number of amides is 3. The lowest BCUT2D eigenvalue weighted by atomic mass is 10.1. The van der Waals surface area contributed by atoms with E-state index >= 15 is 0 Å². The van der Waals surface area contributed by atoms with Crippen molar-refractivity contribution in [1.82, 2.24) is 25.0 Å². The lowest BCUT2D eigenvalue weighted by Gasteiger charge is -2.42. The molecule has 5 rings (SSSR count). The molecule has 3 aliphatic rings.